The lowest BCUT2D eigenvalue weighted by Gasteiger charge is -2.28. The van der Waals surface area contributed by atoms with Crippen LogP contribution in [-0.2, 0) is 11.3 Å². The number of nitrogens with one attached hydrogen (secondary N) is 1. The van der Waals surface area contributed by atoms with Crippen molar-refractivity contribution in [2.75, 3.05) is 6.54 Å². The first-order valence-corrected chi connectivity index (χ1v) is 7.09. The summed E-state index contributed by atoms with van der Waals surface area (Å²) in [6.45, 7) is 4.29. The first-order chi connectivity index (χ1) is 10.3. The summed E-state index contributed by atoms with van der Waals surface area (Å²) in [5, 5.41) is 2.78. The van der Waals surface area contributed by atoms with Crippen molar-refractivity contribution >= 4 is 18.3 Å². The van der Waals surface area contributed by atoms with Crippen molar-refractivity contribution in [1.82, 2.24) is 5.32 Å². The molecular weight excluding hydrogens is 333 g/mol. The summed E-state index contributed by atoms with van der Waals surface area (Å²) < 4.78 is 39.9. The maximum atomic E-state index is 12.2. The fraction of sp³-hybridized carbons (Fsp3) is 0.533. The van der Waals surface area contributed by atoms with Gasteiger partial charge in [0.2, 0.25) is 5.91 Å². The Morgan fingerprint density at radius 1 is 1.17 bits per heavy atom. The van der Waals surface area contributed by atoms with Crippen LogP contribution >= 0.6 is 12.4 Å². The Bertz CT molecular complexity index is 480. The van der Waals surface area contributed by atoms with Crippen LogP contribution in [0, 0.1) is 5.41 Å². The van der Waals surface area contributed by atoms with Crippen LogP contribution in [0.1, 0.15) is 32.3 Å². The Morgan fingerprint density at radius 3 is 2.09 bits per heavy atom. The molecule has 0 spiro atoms. The topological polar surface area (TPSA) is 64.4 Å². The van der Waals surface area contributed by atoms with Gasteiger partial charge in [-0.2, -0.15) is 0 Å². The molecule has 0 saturated heterocycles. The van der Waals surface area contributed by atoms with Crippen LogP contribution in [0.15, 0.2) is 24.3 Å². The number of alkyl halides is 3. The first-order valence-electron chi connectivity index (χ1n) is 7.09. The molecule has 3 N–H and O–H groups in total. The van der Waals surface area contributed by atoms with Crippen LogP contribution in [0.2, 0.25) is 0 Å². The Kier molecular flexibility index (Phi) is 8.41. The third kappa shape index (κ3) is 6.27. The summed E-state index contributed by atoms with van der Waals surface area (Å²) in [5.74, 6) is -0.434. The van der Waals surface area contributed by atoms with E-state index >= 15 is 0 Å². The number of rotatable bonds is 7. The second-order valence-electron chi connectivity index (χ2n) is 5.07. The van der Waals surface area contributed by atoms with E-state index in [9.17, 15) is 18.0 Å². The van der Waals surface area contributed by atoms with Gasteiger partial charge in [0.25, 0.3) is 0 Å². The Balaban J connectivity index is 0.00000484. The minimum Gasteiger partial charge on any atom is -0.406 e. The lowest BCUT2D eigenvalue weighted by atomic mass is 9.81. The molecule has 23 heavy (non-hydrogen) atoms. The maximum Gasteiger partial charge on any atom is 0.573 e. The number of nitrogens with two attached hydrogens (primary N) is 1. The molecule has 0 atom stereocenters. The van der Waals surface area contributed by atoms with Crippen molar-refractivity contribution in [2.45, 2.75) is 39.6 Å². The van der Waals surface area contributed by atoms with Gasteiger partial charge in [-0.15, -0.1) is 25.6 Å². The molecule has 0 bridgehead atoms. The third-order valence-corrected chi connectivity index (χ3v) is 3.84. The number of carbonyl (C=O) groups is 1. The van der Waals surface area contributed by atoms with Crippen molar-refractivity contribution in [3.8, 4) is 5.75 Å². The molecule has 8 heteroatoms. The Hall–Kier alpha value is -1.47. The summed E-state index contributed by atoms with van der Waals surface area (Å²) in [6.07, 6.45) is -3.45. The summed E-state index contributed by atoms with van der Waals surface area (Å²) in [5.41, 5.74) is 5.78. The second-order valence-corrected chi connectivity index (χ2v) is 5.07. The molecule has 1 aromatic rings. The number of amides is 1. The second kappa shape index (κ2) is 8.98. The zero-order valence-corrected chi connectivity index (χ0v) is 13.9. The van der Waals surface area contributed by atoms with E-state index in [4.69, 9.17) is 5.73 Å². The van der Waals surface area contributed by atoms with Crippen LogP contribution in [0.3, 0.4) is 0 Å². The minimum absolute atomic E-state index is 0. The van der Waals surface area contributed by atoms with Crippen molar-refractivity contribution in [1.29, 1.82) is 0 Å². The van der Waals surface area contributed by atoms with E-state index in [-0.39, 0.29) is 37.2 Å². The van der Waals surface area contributed by atoms with Gasteiger partial charge in [0.15, 0.2) is 0 Å². The highest BCUT2D eigenvalue weighted by Crippen LogP contribution is 2.25. The van der Waals surface area contributed by atoms with Gasteiger partial charge in [-0.1, -0.05) is 26.0 Å². The SMILES string of the molecule is CCC(CC)(CN)C(=O)NCc1ccc(OC(F)(F)F)cc1.Cl. The van der Waals surface area contributed by atoms with Gasteiger partial charge in [0, 0.05) is 13.1 Å². The molecule has 0 aliphatic rings. The van der Waals surface area contributed by atoms with E-state index in [1.807, 2.05) is 13.8 Å². The van der Waals surface area contributed by atoms with Crippen molar-refractivity contribution in [3.05, 3.63) is 29.8 Å². The lowest BCUT2D eigenvalue weighted by Crippen LogP contribution is -2.45. The van der Waals surface area contributed by atoms with Crippen molar-refractivity contribution < 1.29 is 22.7 Å². The number of hydrogen-bond donors (Lipinski definition) is 2. The van der Waals surface area contributed by atoms with E-state index < -0.39 is 11.8 Å². The molecule has 4 nitrogen and oxygen atoms in total. The van der Waals surface area contributed by atoms with E-state index in [1.54, 1.807) is 0 Å². The molecule has 132 valence electrons. The fourth-order valence-electron chi connectivity index (χ4n) is 2.13. The molecule has 0 unspecified atom stereocenters. The van der Waals surface area contributed by atoms with Gasteiger partial charge in [0.05, 0.1) is 5.41 Å². The Labute approximate surface area is 140 Å². The molecule has 0 fully saturated rings. The minimum atomic E-state index is -4.71. The predicted molar refractivity (Wildman–Crippen MR) is 84.3 cm³/mol. The van der Waals surface area contributed by atoms with Gasteiger partial charge in [0.1, 0.15) is 5.75 Å². The zero-order valence-electron chi connectivity index (χ0n) is 13.1. The quantitative estimate of drug-likeness (QED) is 0.789. The highest BCUT2D eigenvalue weighted by molar-refractivity contribution is 5.85. The van der Waals surface area contributed by atoms with Crippen molar-refractivity contribution in [3.63, 3.8) is 0 Å². The number of halogens is 4. The van der Waals surface area contributed by atoms with Crippen LogP contribution in [0.5, 0.6) is 5.75 Å². The molecule has 0 aliphatic heterocycles. The van der Waals surface area contributed by atoms with E-state index in [0.717, 1.165) is 0 Å². The van der Waals surface area contributed by atoms with Crippen LogP contribution in [0.25, 0.3) is 0 Å². The zero-order chi connectivity index (χ0) is 16.8. The lowest BCUT2D eigenvalue weighted by molar-refractivity contribution is -0.274. The van der Waals surface area contributed by atoms with Crippen molar-refractivity contribution in [2.24, 2.45) is 11.1 Å². The number of carbonyl (C=O) groups excluding carboxylic acids is 1. The smallest absolute Gasteiger partial charge is 0.406 e. The van der Waals surface area contributed by atoms with E-state index in [2.05, 4.69) is 10.1 Å². The predicted octanol–water partition coefficient (Wildman–Crippen LogP) is 3.39. The molecule has 1 amide bonds. The maximum absolute atomic E-state index is 12.2. The largest absolute Gasteiger partial charge is 0.573 e. The van der Waals surface area contributed by atoms with Gasteiger partial charge in [-0.05, 0) is 30.5 Å². The average Bonchev–Trinajstić information content (AvgIpc) is 2.47. The number of hydrogen-bond acceptors (Lipinski definition) is 3. The molecule has 0 aliphatic carbocycles. The normalized spacial score (nSPS) is 11.6. The standard InChI is InChI=1S/C15H21F3N2O2.ClH/c1-3-14(4-2,10-19)13(21)20-9-11-5-7-12(8-6-11)22-15(16,17)18;/h5-8H,3-4,9-10,19H2,1-2H3,(H,20,21);1H. The average molecular weight is 355 g/mol. The van der Waals surface area contributed by atoms with E-state index in [1.165, 1.54) is 24.3 Å². The van der Waals surface area contributed by atoms with Gasteiger partial charge >= 0.3 is 6.36 Å². The highest BCUT2D eigenvalue weighted by Gasteiger charge is 2.33. The van der Waals surface area contributed by atoms with Gasteiger partial charge in [-0.3, -0.25) is 4.79 Å². The number of benzene rings is 1. The molecule has 0 radical (unpaired) electrons. The molecular formula is C15H22ClF3N2O2. The molecule has 0 saturated carbocycles. The Morgan fingerprint density at radius 2 is 1.70 bits per heavy atom. The third-order valence-electron chi connectivity index (χ3n) is 3.84. The van der Waals surface area contributed by atoms with Gasteiger partial charge < -0.3 is 15.8 Å². The van der Waals surface area contributed by atoms with Gasteiger partial charge in [-0.25, -0.2) is 0 Å². The fourth-order valence-corrected chi connectivity index (χ4v) is 2.13. The summed E-state index contributed by atoms with van der Waals surface area (Å²) in [4.78, 5) is 12.2. The number of ether oxygens (including phenoxy) is 1. The summed E-state index contributed by atoms with van der Waals surface area (Å²) >= 11 is 0. The van der Waals surface area contributed by atoms with E-state index in [0.29, 0.717) is 18.4 Å². The van der Waals surface area contributed by atoms with Crippen LogP contribution in [0.4, 0.5) is 13.2 Å². The molecule has 0 aromatic heterocycles. The molecule has 1 aromatic carbocycles. The molecule has 0 heterocycles. The van der Waals surface area contributed by atoms with Crippen LogP contribution < -0.4 is 15.8 Å². The van der Waals surface area contributed by atoms with Crippen LogP contribution in [-0.4, -0.2) is 18.8 Å². The highest BCUT2D eigenvalue weighted by atomic mass is 35.5. The molecule has 1 rings (SSSR count). The first kappa shape index (κ1) is 21.5. The summed E-state index contributed by atoms with van der Waals surface area (Å²) in [6, 6.07) is 5.38. The summed E-state index contributed by atoms with van der Waals surface area (Å²) in [7, 11) is 0. The monoisotopic (exact) mass is 354 g/mol.